The second-order valence-corrected chi connectivity index (χ2v) is 5.69. The van der Waals surface area contributed by atoms with Gasteiger partial charge in [0.15, 0.2) is 11.6 Å². The molecule has 0 saturated carbocycles. The van der Waals surface area contributed by atoms with E-state index in [0.29, 0.717) is 11.6 Å². The van der Waals surface area contributed by atoms with Crippen LogP contribution in [0.3, 0.4) is 0 Å². The molecule has 2 aromatic carbocycles. The highest BCUT2D eigenvalue weighted by Gasteiger charge is 2.14. The van der Waals surface area contributed by atoms with E-state index in [4.69, 9.17) is 0 Å². The predicted octanol–water partition coefficient (Wildman–Crippen LogP) is 2.24. The molecule has 0 spiro atoms. The molecule has 0 aliphatic carbocycles. The standard InChI is InChI=1S/C13H10F3N2O2S/c14-9-5-6-10(13(16)12(9)15)18-21(19,20)11-4-2-1-3-8(11)7-17/h1-6H,7,17H2/q-1/p+1. The van der Waals surface area contributed by atoms with Gasteiger partial charge >= 0.3 is 0 Å². The van der Waals surface area contributed by atoms with Gasteiger partial charge in [0.2, 0.25) is 0 Å². The number of rotatable bonds is 4. The SMILES string of the molecule is [NH3+]Cc1ccccc1S(=O)(=O)[N-]c1ccc(F)c(F)c1F. The molecule has 8 heteroatoms. The average molecular weight is 316 g/mol. The molecule has 0 fully saturated rings. The number of hydrogen-bond donors (Lipinski definition) is 1. The number of hydrogen-bond acceptors (Lipinski definition) is 2. The maximum Gasteiger partial charge on any atom is 0.193 e. The monoisotopic (exact) mass is 316 g/mol. The van der Waals surface area contributed by atoms with Crippen LogP contribution in [0.4, 0.5) is 18.9 Å². The van der Waals surface area contributed by atoms with E-state index in [1.165, 1.54) is 18.2 Å². The molecule has 0 aliphatic rings. The average Bonchev–Trinajstić information content (AvgIpc) is 2.48. The van der Waals surface area contributed by atoms with Gasteiger partial charge in [-0.2, -0.15) is 0 Å². The molecule has 0 aromatic heterocycles. The fraction of sp³-hybridized carbons (Fsp3) is 0.0769. The van der Waals surface area contributed by atoms with Crippen LogP contribution in [0.25, 0.3) is 4.72 Å². The summed E-state index contributed by atoms with van der Waals surface area (Å²) in [4.78, 5) is -0.149. The first kappa shape index (κ1) is 15.3. The third-order valence-electron chi connectivity index (χ3n) is 2.75. The van der Waals surface area contributed by atoms with Crippen molar-refractivity contribution in [2.45, 2.75) is 11.4 Å². The van der Waals surface area contributed by atoms with E-state index >= 15 is 0 Å². The maximum absolute atomic E-state index is 13.5. The minimum atomic E-state index is -4.25. The minimum Gasteiger partial charge on any atom is -0.570 e. The van der Waals surface area contributed by atoms with Crippen LogP contribution in [0, 0.1) is 17.5 Å². The molecule has 0 atom stereocenters. The lowest BCUT2D eigenvalue weighted by Crippen LogP contribution is -2.47. The lowest BCUT2D eigenvalue weighted by atomic mass is 10.2. The lowest BCUT2D eigenvalue weighted by Gasteiger charge is -2.23. The summed E-state index contributed by atoms with van der Waals surface area (Å²) < 4.78 is 67.0. The zero-order valence-electron chi connectivity index (χ0n) is 10.7. The zero-order chi connectivity index (χ0) is 15.6. The Morgan fingerprint density at radius 1 is 1.00 bits per heavy atom. The van der Waals surface area contributed by atoms with Crippen LogP contribution >= 0.6 is 0 Å². The zero-order valence-corrected chi connectivity index (χ0v) is 11.5. The Morgan fingerprint density at radius 2 is 1.67 bits per heavy atom. The Kier molecular flexibility index (Phi) is 4.19. The van der Waals surface area contributed by atoms with Gasteiger partial charge in [0.05, 0.1) is 4.90 Å². The highest BCUT2D eigenvalue weighted by atomic mass is 32.2. The van der Waals surface area contributed by atoms with Crippen LogP contribution in [0.5, 0.6) is 0 Å². The van der Waals surface area contributed by atoms with Crippen LogP contribution in [-0.2, 0) is 16.6 Å². The summed E-state index contributed by atoms with van der Waals surface area (Å²) in [6, 6.07) is 7.30. The molecule has 21 heavy (non-hydrogen) atoms. The molecule has 0 heterocycles. The van der Waals surface area contributed by atoms with E-state index in [-0.39, 0.29) is 11.4 Å². The van der Waals surface area contributed by atoms with Gasteiger partial charge in [-0.05, 0) is 12.1 Å². The molecule has 0 amide bonds. The summed E-state index contributed by atoms with van der Waals surface area (Å²) in [5.74, 6) is -4.83. The quantitative estimate of drug-likeness (QED) is 0.878. The summed E-state index contributed by atoms with van der Waals surface area (Å²) in [6.07, 6.45) is 0. The Morgan fingerprint density at radius 3 is 2.33 bits per heavy atom. The third kappa shape index (κ3) is 3.01. The van der Waals surface area contributed by atoms with Crippen LogP contribution in [0.2, 0.25) is 0 Å². The van der Waals surface area contributed by atoms with E-state index in [1.807, 2.05) is 0 Å². The number of nitrogens with zero attached hydrogens (tertiary/aromatic N) is 1. The summed E-state index contributed by atoms with van der Waals surface area (Å²) >= 11 is 0. The summed E-state index contributed by atoms with van der Waals surface area (Å²) in [6.45, 7) is 0.186. The highest BCUT2D eigenvalue weighted by Crippen LogP contribution is 2.32. The summed E-state index contributed by atoms with van der Waals surface area (Å²) in [5.41, 5.74) is 3.20. The van der Waals surface area contributed by atoms with Crippen molar-refractivity contribution < 1.29 is 27.3 Å². The molecular weight excluding hydrogens is 305 g/mol. The molecule has 0 aliphatic heterocycles. The van der Waals surface area contributed by atoms with Crippen LogP contribution in [-0.4, -0.2) is 8.42 Å². The van der Waals surface area contributed by atoms with Gasteiger partial charge in [-0.25, -0.2) is 21.6 Å². The molecule has 0 radical (unpaired) electrons. The van der Waals surface area contributed by atoms with Gasteiger partial charge in [0, 0.05) is 5.56 Å². The first-order chi connectivity index (χ1) is 9.86. The first-order valence-corrected chi connectivity index (χ1v) is 7.29. The summed E-state index contributed by atoms with van der Waals surface area (Å²) in [7, 11) is -4.25. The minimum absolute atomic E-state index is 0.149. The number of benzene rings is 2. The Hall–Kier alpha value is -2.06. The fourth-order valence-electron chi connectivity index (χ4n) is 1.73. The van der Waals surface area contributed by atoms with E-state index in [0.717, 1.165) is 6.07 Å². The maximum atomic E-state index is 13.5. The number of halogens is 3. The Balaban J connectivity index is 2.45. The second kappa shape index (κ2) is 5.74. The van der Waals surface area contributed by atoms with Crippen molar-refractivity contribution in [1.29, 1.82) is 0 Å². The topological polar surface area (TPSA) is 75.9 Å². The molecule has 0 saturated heterocycles. The van der Waals surface area contributed by atoms with Gasteiger partial charge in [0.25, 0.3) is 0 Å². The smallest absolute Gasteiger partial charge is 0.193 e. The number of quaternary nitrogens is 1. The largest absolute Gasteiger partial charge is 0.570 e. The van der Waals surface area contributed by atoms with E-state index in [9.17, 15) is 21.6 Å². The van der Waals surface area contributed by atoms with Crippen molar-refractivity contribution >= 4 is 15.7 Å². The van der Waals surface area contributed by atoms with Crippen molar-refractivity contribution in [3.8, 4) is 0 Å². The first-order valence-electron chi connectivity index (χ1n) is 5.85. The van der Waals surface area contributed by atoms with Crippen molar-refractivity contribution in [2.75, 3.05) is 0 Å². The normalized spacial score (nSPS) is 11.4. The highest BCUT2D eigenvalue weighted by molar-refractivity contribution is 7.94. The molecule has 2 aromatic rings. The van der Waals surface area contributed by atoms with Gasteiger partial charge in [-0.15, -0.1) is 0 Å². The van der Waals surface area contributed by atoms with Crippen LogP contribution < -0.4 is 5.73 Å². The van der Waals surface area contributed by atoms with Crippen LogP contribution in [0.1, 0.15) is 5.56 Å². The molecule has 112 valence electrons. The summed E-state index contributed by atoms with van der Waals surface area (Å²) in [5, 5.41) is 0. The Labute approximate surface area is 119 Å². The van der Waals surface area contributed by atoms with Gasteiger partial charge in [-0.3, -0.25) is 0 Å². The van der Waals surface area contributed by atoms with Crippen molar-refractivity contribution in [3.63, 3.8) is 0 Å². The third-order valence-corrected chi connectivity index (χ3v) is 4.14. The molecular formula is C13H11F3N2O2S. The van der Waals surface area contributed by atoms with Gasteiger partial charge < -0.3 is 10.5 Å². The lowest BCUT2D eigenvalue weighted by molar-refractivity contribution is -0.387. The number of sulfonamides is 1. The van der Waals surface area contributed by atoms with Crippen LogP contribution in [0.15, 0.2) is 41.3 Å². The molecule has 0 bridgehead atoms. The fourth-order valence-corrected chi connectivity index (χ4v) is 2.98. The van der Waals surface area contributed by atoms with Gasteiger partial charge in [-0.1, -0.05) is 30.0 Å². The van der Waals surface area contributed by atoms with E-state index in [1.54, 1.807) is 6.07 Å². The molecule has 4 nitrogen and oxygen atoms in total. The van der Waals surface area contributed by atoms with E-state index in [2.05, 4.69) is 10.5 Å². The van der Waals surface area contributed by atoms with Crippen molar-refractivity contribution in [3.05, 3.63) is 64.1 Å². The Bertz CT molecular complexity index is 779. The van der Waals surface area contributed by atoms with Crippen molar-refractivity contribution in [1.82, 2.24) is 0 Å². The molecule has 3 N–H and O–H groups in total. The molecule has 2 rings (SSSR count). The van der Waals surface area contributed by atoms with Crippen molar-refractivity contribution in [2.24, 2.45) is 0 Å². The molecule has 0 unspecified atom stereocenters. The predicted molar refractivity (Wildman–Crippen MR) is 69.6 cm³/mol. The van der Waals surface area contributed by atoms with Gasteiger partial charge in [0.1, 0.15) is 22.4 Å². The second-order valence-electron chi connectivity index (χ2n) is 4.12. The van der Waals surface area contributed by atoms with E-state index < -0.39 is 33.2 Å².